The van der Waals surface area contributed by atoms with Crippen LogP contribution in [0.5, 0.6) is 5.75 Å². The average molecular weight is 194 g/mol. The van der Waals surface area contributed by atoms with E-state index in [0.29, 0.717) is 13.0 Å². The molecular weight excluding hydrogens is 180 g/mol. The molecule has 1 atom stereocenters. The summed E-state index contributed by atoms with van der Waals surface area (Å²) in [5.41, 5.74) is 0.904. The molecule has 0 saturated carbocycles. The van der Waals surface area contributed by atoms with Crippen LogP contribution in [-0.4, -0.2) is 24.4 Å². The molecule has 0 radical (unpaired) electrons. The molecule has 2 rings (SSSR count). The fourth-order valence-corrected chi connectivity index (χ4v) is 1.62. The summed E-state index contributed by atoms with van der Waals surface area (Å²) < 4.78 is 5.66. The molecule has 14 heavy (non-hydrogen) atoms. The molecule has 0 spiro atoms. The molecule has 0 aromatic heterocycles. The first kappa shape index (κ1) is 9.30. The van der Waals surface area contributed by atoms with Gasteiger partial charge in [0.15, 0.2) is 0 Å². The summed E-state index contributed by atoms with van der Waals surface area (Å²) in [5, 5.41) is 10.5. The summed E-state index contributed by atoms with van der Waals surface area (Å²) in [5.74, 6) is 6.63. The fourth-order valence-electron chi connectivity index (χ4n) is 1.62. The minimum absolute atomic E-state index is 0.0140. The summed E-state index contributed by atoms with van der Waals surface area (Å²) in [6.45, 7) is 0.748. The molecule has 4 heteroatoms. The lowest BCUT2D eigenvalue weighted by atomic mass is 10.2. The number of nitrogens with two attached hydrogens (primary N) is 1. The van der Waals surface area contributed by atoms with Gasteiger partial charge < -0.3 is 14.9 Å². The number of fused-ring (bicyclic) bond motifs is 1. The predicted molar refractivity (Wildman–Crippen MR) is 54.1 cm³/mol. The summed E-state index contributed by atoms with van der Waals surface area (Å²) >= 11 is 0. The summed E-state index contributed by atoms with van der Waals surface area (Å²) in [6, 6.07) is 7.64. The molecular formula is C10H14N2O2. The van der Waals surface area contributed by atoms with Crippen LogP contribution in [0, 0.1) is 0 Å². The normalized spacial score (nSPS) is 20.1. The van der Waals surface area contributed by atoms with Crippen molar-refractivity contribution in [3.05, 3.63) is 24.3 Å². The van der Waals surface area contributed by atoms with Crippen molar-refractivity contribution in [3.8, 4) is 5.75 Å². The first-order valence-corrected chi connectivity index (χ1v) is 4.70. The average Bonchev–Trinajstić information content (AvgIpc) is 2.18. The smallest absolute Gasteiger partial charge is 0.144 e. The third-order valence-corrected chi connectivity index (χ3v) is 2.32. The second kappa shape index (κ2) is 3.86. The number of nitrogens with zero attached hydrogens (tertiary/aromatic N) is 1. The Kier molecular flexibility index (Phi) is 2.56. The Bertz CT molecular complexity index is 317. The summed E-state index contributed by atoms with van der Waals surface area (Å²) in [7, 11) is 0. The van der Waals surface area contributed by atoms with Gasteiger partial charge >= 0.3 is 0 Å². The number of anilines is 1. The molecule has 0 aliphatic carbocycles. The maximum absolute atomic E-state index is 8.81. The standard InChI is InChI=1S/C10H14N2O2/c11-12-7-8(5-6-13)14-10-4-2-1-3-9(10)12/h1-4,8,13H,5-7,11H2. The lowest BCUT2D eigenvalue weighted by Crippen LogP contribution is -2.44. The van der Waals surface area contributed by atoms with Crippen molar-refractivity contribution in [1.82, 2.24) is 0 Å². The number of hydrogen-bond acceptors (Lipinski definition) is 4. The zero-order valence-electron chi connectivity index (χ0n) is 7.89. The molecule has 1 aromatic carbocycles. The molecule has 4 nitrogen and oxygen atoms in total. The maximum atomic E-state index is 8.81. The predicted octanol–water partition coefficient (Wildman–Crippen LogP) is 0.510. The van der Waals surface area contributed by atoms with Crippen molar-refractivity contribution in [2.24, 2.45) is 5.84 Å². The lowest BCUT2D eigenvalue weighted by molar-refractivity contribution is 0.149. The second-order valence-electron chi connectivity index (χ2n) is 3.37. The van der Waals surface area contributed by atoms with Crippen LogP contribution in [0.25, 0.3) is 0 Å². The van der Waals surface area contributed by atoms with E-state index in [0.717, 1.165) is 11.4 Å². The van der Waals surface area contributed by atoms with Gasteiger partial charge in [0, 0.05) is 13.0 Å². The van der Waals surface area contributed by atoms with Crippen LogP contribution in [0.3, 0.4) is 0 Å². The topological polar surface area (TPSA) is 58.7 Å². The molecule has 3 N–H and O–H groups in total. The minimum Gasteiger partial charge on any atom is -0.486 e. The first-order valence-electron chi connectivity index (χ1n) is 4.70. The van der Waals surface area contributed by atoms with Gasteiger partial charge in [-0.25, -0.2) is 5.84 Å². The molecule has 0 saturated heterocycles. The zero-order valence-corrected chi connectivity index (χ0v) is 7.89. The van der Waals surface area contributed by atoms with Gasteiger partial charge in [-0.1, -0.05) is 12.1 Å². The van der Waals surface area contributed by atoms with Crippen molar-refractivity contribution in [2.75, 3.05) is 18.2 Å². The van der Waals surface area contributed by atoms with Crippen LogP contribution in [-0.2, 0) is 0 Å². The Morgan fingerprint density at radius 3 is 3.07 bits per heavy atom. The quantitative estimate of drug-likeness (QED) is 0.673. The number of hydrogen-bond donors (Lipinski definition) is 2. The van der Waals surface area contributed by atoms with E-state index in [1.807, 2.05) is 24.3 Å². The van der Waals surface area contributed by atoms with E-state index in [1.165, 1.54) is 0 Å². The van der Waals surface area contributed by atoms with Crippen LogP contribution in [0.15, 0.2) is 24.3 Å². The third-order valence-electron chi connectivity index (χ3n) is 2.32. The molecule has 1 aromatic rings. The fraction of sp³-hybridized carbons (Fsp3) is 0.400. The van der Waals surface area contributed by atoms with Crippen LogP contribution in [0.4, 0.5) is 5.69 Å². The summed E-state index contributed by atoms with van der Waals surface area (Å²) in [4.78, 5) is 0. The maximum Gasteiger partial charge on any atom is 0.144 e. The number of aliphatic hydroxyl groups excluding tert-OH is 1. The molecule has 0 bridgehead atoms. The largest absolute Gasteiger partial charge is 0.486 e. The minimum atomic E-state index is -0.0140. The number of ether oxygens (including phenoxy) is 1. The molecule has 1 aliphatic heterocycles. The van der Waals surface area contributed by atoms with Crippen LogP contribution in [0.2, 0.25) is 0 Å². The van der Waals surface area contributed by atoms with Gasteiger partial charge in [-0.3, -0.25) is 0 Å². The van der Waals surface area contributed by atoms with E-state index >= 15 is 0 Å². The molecule has 1 unspecified atom stereocenters. The third kappa shape index (κ3) is 1.66. The van der Waals surface area contributed by atoms with Gasteiger partial charge in [0.05, 0.1) is 12.2 Å². The Hall–Kier alpha value is -1.26. The number of rotatable bonds is 2. The molecule has 1 heterocycles. The van der Waals surface area contributed by atoms with E-state index in [9.17, 15) is 0 Å². The number of hydrazine groups is 1. The summed E-state index contributed by atoms with van der Waals surface area (Å²) in [6.07, 6.45) is 0.599. The highest BCUT2D eigenvalue weighted by molar-refractivity contribution is 5.58. The Balaban J connectivity index is 2.20. The molecule has 1 aliphatic rings. The highest BCUT2D eigenvalue weighted by Crippen LogP contribution is 2.31. The van der Waals surface area contributed by atoms with Gasteiger partial charge in [0.2, 0.25) is 0 Å². The Labute approximate surface area is 82.9 Å². The number of para-hydroxylation sites is 2. The van der Waals surface area contributed by atoms with Crippen molar-refractivity contribution in [3.63, 3.8) is 0 Å². The lowest BCUT2D eigenvalue weighted by Gasteiger charge is -2.32. The zero-order chi connectivity index (χ0) is 9.97. The van der Waals surface area contributed by atoms with Crippen molar-refractivity contribution >= 4 is 5.69 Å². The van der Waals surface area contributed by atoms with E-state index in [1.54, 1.807) is 5.01 Å². The van der Waals surface area contributed by atoms with Crippen molar-refractivity contribution in [2.45, 2.75) is 12.5 Å². The molecule has 0 amide bonds. The van der Waals surface area contributed by atoms with Gasteiger partial charge in [-0.15, -0.1) is 0 Å². The van der Waals surface area contributed by atoms with Crippen molar-refractivity contribution < 1.29 is 9.84 Å². The number of benzene rings is 1. The SMILES string of the molecule is NN1CC(CCO)Oc2ccccc21. The van der Waals surface area contributed by atoms with Crippen molar-refractivity contribution in [1.29, 1.82) is 0 Å². The Morgan fingerprint density at radius 1 is 1.50 bits per heavy atom. The second-order valence-corrected chi connectivity index (χ2v) is 3.37. The Morgan fingerprint density at radius 2 is 2.29 bits per heavy atom. The van der Waals surface area contributed by atoms with E-state index in [2.05, 4.69) is 0 Å². The first-order chi connectivity index (χ1) is 6.81. The van der Waals surface area contributed by atoms with Crippen LogP contribution >= 0.6 is 0 Å². The van der Waals surface area contributed by atoms with Gasteiger partial charge in [0.1, 0.15) is 11.9 Å². The highest BCUT2D eigenvalue weighted by atomic mass is 16.5. The van der Waals surface area contributed by atoms with Gasteiger partial charge in [0.25, 0.3) is 0 Å². The molecule has 76 valence electrons. The monoisotopic (exact) mass is 194 g/mol. The number of aliphatic hydroxyl groups is 1. The van der Waals surface area contributed by atoms with Crippen LogP contribution in [0.1, 0.15) is 6.42 Å². The van der Waals surface area contributed by atoms with Crippen LogP contribution < -0.4 is 15.6 Å². The van der Waals surface area contributed by atoms with E-state index < -0.39 is 0 Å². The van der Waals surface area contributed by atoms with Gasteiger partial charge in [-0.05, 0) is 12.1 Å². The van der Waals surface area contributed by atoms with E-state index in [-0.39, 0.29) is 12.7 Å². The van der Waals surface area contributed by atoms with Gasteiger partial charge in [-0.2, -0.15) is 0 Å². The highest BCUT2D eigenvalue weighted by Gasteiger charge is 2.22. The molecule has 0 fully saturated rings. The van der Waals surface area contributed by atoms with E-state index in [4.69, 9.17) is 15.7 Å².